The highest BCUT2D eigenvalue weighted by atomic mass is 16.5. The molecule has 0 radical (unpaired) electrons. The molecule has 1 aliphatic rings. The molecule has 0 spiro atoms. The lowest BCUT2D eigenvalue weighted by molar-refractivity contribution is -0.116. The first kappa shape index (κ1) is 21.1. The molecule has 1 unspecified atom stereocenters. The van der Waals surface area contributed by atoms with E-state index in [1.165, 1.54) is 0 Å². The van der Waals surface area contributed by atoms with E-state index in [0.717, 1.165) is 31.7 Å². The Kier molecular flexibility index (Phi) is 9.57. The van der Waals surface area contributed by atoms with Crippen molar-refractivity contribution < 1.29 is 14.3 Å². The van der Waals surface area contributed by atoms with Gasteiger partial charge in [0.15, 0.2) is 5.96 Å². The van der Waals surface area contributed by atoms with Gasteiger partial charge in [-0.3, -0.25) is 9.79 Å². The van der Waals surface area contributed by atoms with E-state index in [1.807, 2.05) is 26.0 Å². The van der Waals surface area contributed by atoms with Crippen molar-refractivity contribution in [3.63, 3.8) is 0 Å². The lowest BCUT2D eigenvalue weighted by atomic mass is 10.3. The van der Waals surface area contributed by atoms with Crippen molar-refractivity contribution in [3.05, 3.63) is 23.9 Å². The van der Waals surface area contributed by atoms with Gasteiger partial charge in [-0.15, -0.1) is 0 Å². The normalized spacial score (nSPS) is 17.0. The molecule has 0 bridgehead atoms. The van der Waals surface area contributed by atoms with Gasteiger partial charge in [0.25, 0.3) is 0 Å². The van der Waals surface area contributed by atoms with Crippen LogP contribution in [0.15, 0.2) is 23.2 Å². The Hall–Kier alpha value is -2.19. The Bertz CT molecular complexity index is 603. The van der Waals surface area contributed by atoms with E-state index in [0.29, 0.717) is 44.5 Å². The Labute approximate surface area is 161 Å². The largest absolute Gasteiger partial charge is 0.379 e. The summed E-state index contributed by atoms with van der Waals surface area (Å²) >= 11 is 0. The molecule has 2 heterocycles. The second kappa shape index (κ2) is 12.2. The predicted molar refractivity (Wildman–Crippen MR) is 106 cm³/mol. The third-order valence-electron chi connectivity index (χ3n) is 3.96. The van der Waals surface area contributed by atoms with Crippen LogP contribution in [0.5, 0.6) is 0 Å². The third-order valence-corrected chi connectivity index (χ3v) is 3.96. The van der Waals surface area contributed by atoms with Crippen LogP contribution in [-0.4, -0.2) is 62.4 Å². The van der Waals surface area contributed by atoms with Gasteiger partial charge < -0.3 is 25.4 Å². The number of anilines is 1. The molecular formula is C19H31N5O3. The van der Waals surface area contributed by atoms with Gasteiger partial charge in [-0.2, -0.15) is 0 Å². The first-order valence-electron chi connectivity index (χ1n) is 9.62. The number of nitrogens with one attached hydrogen (secondary N) is 3. The number of carbonyl (C=O) groups excluding carboxylic acids is 1. The SMILES string of the molecule is CCNC(=NCCCOC1CCOC1)NCCC(=O)Nc1cccc(C)n1. The van der Waals surface area contributed by atoms with Gasteiger partial charge in [-0.25, -0.2) is 4.98 Å². The van der Waals surface area contributed by atoms with Gasteiger partial charge in [0.05, 0.1) is 12.7 Å². The maximum Gasteiger partial charge on any atom is 0.227 e. The summed E-state index contributed by atoms with van der Waals surface area (Å²) in [6.45, 7) is 8.02. The van der Waals surface area contributed by atoms with Crippen molar-refractivity contribution in [3.8, 4) is 0 Å². The van der Waals surface area contributed by atoms with Crippen molar-refractivity contribution in [1.29, 1.82) is 0 Å². The van der Waals surface area contributed by atoms with E-state index in [-0.39, 0.29) is 12.0 Å². The van der Waals surface area contributed by atoms with E-state index in [9.17, 15) is 4.79 Å². The summed E-state index contributed by atoms with van der Waals surface area (Å²) in [7, 11) is 0. The molecule has 1 atom stereocenters. The summed E-state index contributed by atoms with van der Waals surface area (Å²) < 4.78 is 11.0. The number of amides is 1. The molecule has 1 aromatic heterocycles. The summed E-state index contributed by atoms with van der Waals surface area (Å²) in [6, 6.07) is 5.54. The average Bonchev–Trinajstić information content (AvgIpc) is 3.15. The highest BCUT2D eigenvalue weighted by Gasteiger charge is 2.15. The molecule has 8 heteroatoms. The Morgan fingerprint density at radius 1 is 1.41 bits per heavy atom. The number of aliphatic imine (C=N–C) groups is 1. The van der Waals surface area contributed by atoms with Gasteiger partial charge >= 0.3 is 0 Å². The van der Waals surface area contributed by atoms with Gasteiger partial charge in [0, 0.05) is 45.0 Å². The zero-order valence-electron chi connectivity index (χ0n) is 16.3. The molecule has 3 N–H and O–H groups in total. The highest BCUT2D eigenvalue weighted by Crippen LogP contribution is 2.08. The predicted octanol–water partition coefficient (Wildman–Crippen LogP) is 1.47. The number of rotatable bonds is 10. The highest BCUT2D eigenvalue weighted by molar-refractivity contribution is 5.90. The van der Waals surface area contributed by atoms with E-state index in [2.05, 4.69) is 25.9 Å². The standard InChI is InChI=1S/C19H31N5O3/c1-3-20-19(21-10-5-12-27-16-9-13-26-14-16)22-11-8-18(25)24-17-7-4-6-15(2)23-17/h4,6-7,16H,3,5,8-14H2,1-2H3,(H2,20,21,22)(H,23,24,25). The molecule has 0 saturated carbocycles. The van der Waals surface area contributed by atoms with E-state index >= 15 is 0 Å². The average molecular weight is 377 g/mol. The summed E-state index contributed by atoms with van der Waals surface area (Å²) in [6.07, 6.45) is 2.41. The van der Waals surface area contributed by atoms with Crippen molar-refractivity contribution in [2.45, 2.75) is 39.2 Å². The summed E-state index contributed by atoms with van der Waals surface area (Å²) in [5, 5.41) is 9.16. The zero-order chi connectivity index (χ0) is 19.3. The number of pyridine rings is 1. The molecule has 2 rings (SSSR count). The number of hydrogen-bond donors (Lipinski definition) is 3. The van der Waals surface area contributed by atoms with E-state index in [4.69, 9.17) is 9.47 Å². The fraction of sp³-hybridized carbons (Fsp3) is 0.632. The van der Waals surface area contributed by atoms with Crippen molar-refractivity contribution in [2.24, 2.45) is 4.99 Å². The maximum atomic E-state index is 12.0. The lowest BCUT2D eigenvalue weighted by Crippen LogP contribution is -2.38. The second-order valence-corrected chi connectivity index (χ2v) is 6.36. The van der Waals surface area contributed by atoms with E-state index < -0.39 is 0 Å². The molecule has 8 nitrogen and oxygen atoms in total. The number of carbonyl (C=O) groups is 1. The van der Waals surface area contributed by atoms with Crippen molar-refractivity contribution >= 4 is 17.7 Å². The molecule has 1 aromatic rings. The van der Waals surface area contributed by atoms with Crippen LogP contribution in [0.2, 0.25) is 0 Å². The van der Waals surface area contributed by atoms with Gasteiger partial charge in [-0.1, -0.05) is 6.07 Å². The van der Waals surface area contributed by atoms with Crippen LogP contribution >= 0.6 is 0 Å². The summed E-state index contributed by atoms with van der Waals surface area (Å²) in [4.78, 5) is 20.8. The van der Waals surface area contributed by atoms with Crippen LogP contribution in [0.4, 0.5) is 5.82 Å². The number of guanidine groups is 1. The first-order valence-corrected chi connectivity index (χ1v) is 9.62. The number of aromatic nitrogens is 1. The minimum Gasteiger partial charge on any atom is -0.379 e. The van der Waals surface area contributed by atoms with Crippen LogP contribution in [0.25, 0.3) is 0 Å². The molecule has 0 aromatic carbocycles. The van der Waals surface area contributed by atoms with Crippen LogP contribution in [0, 0.1) is 6.92 Å². The monoisotopic (exact) mass is 377 g/mol. The second-order valence-electron chi connectivity index (χ2n) is 6.36. The van der Waals surface area contributed by atoms with Crippen molar-refractivity contribution in [1.82, 2.24) is 15.6 Å². The molecule has 150 valence electrons. The van der Waals surface area contributed by atoms with Gasteiger partial charge in [-0.05, 0) is 38.8 Å². The number of nitrogens with zero attached hydrogens (tertiary/aromatic N) is 2. The smallest absolute Gasteiger partial charge is 0.227 e. The Balaban J connectivity index is 1.62. The number of ether oxygens (including phenoxy) is 2. The maximum absolute atomic E-state index is 12.0. The fourth-order valence-electron chi connectivity index (χ4n) is 2.60. The number of aryl methyl sites for hydroxylation is 1. The van der Waals surface area contributed by atoms with Crippen molar-refractivity contribution in [2.75, 3.05) is 44.8 Å². The summed E-state index contributed by atoms with van der Waals surface area (Å²) in [5.41, 5.74) is 0.872. The van der Waals surface area contributed by atoms with Crippen LogP contribution in [-0.2, 0) is 14.3 Å². The molecule has 0 aliphatic carbocycles. The fourth-order valence-corrected chi connectivity index (χ4v) is 2.60. The van der Waals surface area contributed by atoms with Crippen LogP contribution in [0.3, 0.4) is 0 Å². The molecule has 27 heavy (non-hydrogen) atoms. The third kappa shape index (κ3) is 8.83. The Morgan fingerprint density at radius 3 is 3.04 bits per heavy atom. The van der Waals surface area contributed by atoms with E-state index in [1.54, 1.807) is 6.07 Å². The molecule has 1 saturated heterocycles. The topological polar surface area (TPSA) is 96.9 Å². The molecule has 1 aliphatic heterocycles. The van der Waals surface area contributed by atoms with Gasteiger partial charge in [0.2, 0.25) is 5.91 Å². The summed E-state index contributed by atoms with van der Waals surface area (Å²) in [5.74, 6) is 1.21. The quantitative estimate of drug-likeness (QED) is 0.325. The first-order chi connectivity index (χ1) is 13.2. The van der Waals surface area contributed by atoms with Crippen LogP contribution in [0.1, 0.15) is 31.9 Å². The van der Waals surface area contributed by atoms with Crippen LogP contribution < -0.4 is 16.0 Å². The zero-order valence-corrected chi connectivity index (χ0v) is 16.3. The Morgan fingerprint density at radius 2 is 2.30 bits per heavy atom. The molecular weight excluding hydrogens is 346 g/mol. The minimum atomic E-state index is -0.0800. The number of hydrogen-bond acceptors (Lipinski definition) is 5. The lowest BCUT2D eigenvalue weighted by Gasteiger charge is -2.12. The molecule has 1 amide bonds. The molecule has 1 fully saturated rings. The minimum absolute atomic E-state index is 0.0800. The van der Waals surface area contributed by atoms with Gasteiger partial charge in [0.1, 0.15) is 5.82 Å².